The van der Waals surface area contributed by atoms with Gasteiger partial charge in [0.15, 0.2) is 9.84 Å². The van der Waals surface area contributed by atoms with E-state index in [0.717, 1.165) is 13.1 Å². The molecule has 0 radical (unpaired) electrons. The van der Waals surface area contributed by atoms with Crippen LogP contribution in [0.4, 0.5) is 0 Å². The van der Waals surface area contributed by atoms with Crippen molar-refractivity contribution in [2.75, 3.05) is 31.1 Å². The molecule has 0 aromatic heterocycles. The summed E-state index contributed by atoms with van der Waals surface area (Å²) in [6, 6.07) is 0.913. The number of piperazine rings is 1. The van der Waals surface area contributed by atoms with Crippen LogP contribution in [0.5, 0.6) is 0 Å². The van der Waals surface area contributed by atoms with Crippen molar-refractivity contribution >= 4 is 9.84 Å². The fraction of sp³-hybridized carbons (Fsp3) is 1.00. The Morgan fingerprint density at radius 2 is 1.80 bits per heavy atom. The molecule has 2 unspecified atom stereocenters. The zero-order valence-electron chi connectivity index (χ0n) is 9.86. The Morgan fingerprint density at radius 1 is 1.27 bits per heavy atom. The van der Waals surface area contributed by atoms with Gasteiger partial charge in [0.1, 0.15) is 0 Å². The maximum atomic E-state index is 11.4. The summed E-state index contributed by atoms with van der Waals surface area (Å²) in [5, 5.41) is 3.43. The molecule has 1 N–H and O–H groups in total. The summed E-state index contributed by atoms with van der Waals surface area (Å²) in [4.78, 5) is 2.24. The van der Waals surface area contributed by atoms with Gasteiger partial charge in [-0.25, -0.2) is 8.42 Å². The van der Waals surface area contributed by atoms with E-state index in [1.54, 1.807) is 6.92 Å². The molecule has 0 amide bonds. The largest absolute Gasteiger partial charge is 0.309 e. The lowest BCUT2D eigenvalue weighted by molar-refractivity contribution is 0.182. The standard InChI is InChI=1S/C10H22N2O2S/c1-4-15(13,14)6-5-12-7-9(2)11-10(3)8-12/h9-11H,4-8H2,1-3H3. The maximum absolute atomic E-state index is 11.4. The Kier molecular flexibility index (Phi) is 4.55. The SMILES string of the molecule is CCS(=O)(=O)CCN1CC(C)NC(C)C1. The van der Waals surface area contributed by atoms with Crippen molar-refractivity contribution in [2.45, 2.75) is 32.9 Å². The van der Waals surface area contributed by atoms with E-state index in [1.807, 2.05) is 0 Å². The van der Waals surface area contributed by atoms with Gasteiger partial charge in [-0.05, 0) is 13.8 Å². The lowest BCUT2D eigenvalue weighted by Crippen LogP contribution is -2.54. The van der Waals surface area contributed by atoms with E-state index in [1.165, 1.54) is 0 Å². The van der Waals surface area contributed by atoms with Gasteiger partial charge < -0.3 is 5.32 Å². The third-order valence-electron chi connectivity index (χ3n) is 2.79. The first-order valence-corrected chi connectivity index (χ1v) is 7.44. The number of sulfone groups is 1. The summed E-state index contributed by atoms with van der Waals surface area (Å²) in [7, 11) is -2.82. The van der Waals surface area contributed by atoms with Crippen LogP contribution in [0, 0.1) is 0 Å². The lowest BCUT2D eigenvalue weighted by Gasteiger charge is -2.36. The predicted molar refractivity (Wildman–Crippen MR) is 62.8 cm³/mol. The molecule has 1 rings (SSSR count). The van der Waals surface area contributed by atoms with E-state index in [-0.39, 0.29) is 5.75 Å². The van der Waals surface area contributed by atoms with Crippen LogP contribution in [0.1, 0.15) is 20.8 Å². The van der Waals surface area contributed by atoms with Crippen LogP contribution in [-0.2, 0) is 9.84 Å². The van der Waals surface area contributed by atoms with E-state index in [4.69, 9.17) is 0 Å². The highest BCUT2D eigenvalue weighted by atomic mass is 32.2. The molecule has 2 atom stereocenters. The maximum Gasteiger partial charge on any atom is 0.151 e. The van der Waals surface area contributed by atoms with Gasteiger partial charge in [-0.15, -0.1) is 0 Å². The van der Waals surface area contributed by atoms with Gasteiger partial charge in [0.25, 0.3) is 0 Å². The Balaban J connectivity index is 2.39. The normalized spacial score (nSPS) is 29.3. The van der Waals surface area contributed by atoms with E-state index in [9.17, 15) is 8.42 Å². The highest BCUT2D eigenvalue weighted by Crippen LogP contribution is 2.04. The van der Waals surface area contributed by atoms with E-state index in [2.05, 4.69) is 24.1 Å². The molecule has 1 saturated heterocycles. The molecule has 0 saturated carbocycles. The number of hydrogen-bond acceptors (Lipinski definition) is 4. The molecular formula is C10H22N2O2S. The van der Waals surface area contributed by atoms with Crippen LogP contribution in [0.2, 0.25) is 0 Å². The first-order chi connectivity index (χ1) is 6.93. The van der Waals surface area contributed by atoms with E-state index >= 15 is 0 Å². The summed E-state index contributed by atoms with van der Waals surface area (Å²) in [5.74, 6) is 0.549. The minimum Gasteiger partial charge on any atom is -0.309 e. The van der Waals surface area contributed by atoms with Gasteiger partial charge in [-0.2, -0.15) is 0 Å². The van der Waals surface area contributed by atoms with Gasteiger partial charge in [0.05, 0.1) is 5.75 Å². The van der Waals surface area contributed by atoms with Crippen LogP contribution >= 0.6 is 0 Å². The average molecular weight is 234 g/mol. The molecule has 1 aliphatic rings. The molecule has 0 aromatic carbocycles. The van der Waals surface area contributed by atoms with E-state index in [0.29, 0.717) is 24.4 Å². The molecule has 0 spiro atoms. The summed E-state index contributed by atoms with van der Waals surface area (Å²) in [6.07, 6.45) is 0. The third-order valence-corrected chi connectivity index (χ3v) is 4.48. The molecule has 0 aliphatic carbocycles. The van der Waals surface area contributed by atoms with Crippen molar-refractivity contribution in [3.8, 4) is 0 Å². The van der Waals surface area contributed by atoms with Crippen molar-refractivity contribution in [1.29, 1.82) is 0 Å². The highest BCUT2D eigenvalue weighted by molar-refractivity contribution is 7.91. The molecule has 1 aliphatic heterocycles. The Morgan fingerprint density at radius 3 is 2.27 bits per heavy atom. The lowest BCUT2D eigenvalue weighted by atomic mass is 10.1. The van der Waals surface area contributed by atoms with Crippen LogP contribution in [0.25, 0.3) is 0 Å². The second kappa shape index (κ2) is 5.27. The minimum atomic E-state index is -2.82. The minimum absolute atomic E-state index is 0.254. The first kappa shape index (κ1) is 12.9. The molecule has 15 heavy (non-hydrogen) atoms. The van der Waals surface area contributed by atoms with Gasteiger partial charge >= 0.3 is 0 Å². The first-order valence-electron chi connectivity index (χ1n) is 5.62. The number of nitrogens with one attached hydrogen (secondary N) is 1. The molecule has 0 bridgehead atoms. The smallest absolute Gasteiger partial charge is 0.151 e. The topological polar surface area (TPSA) is 49.4 Å². The van der Waals surface area contributed by atoms with Crippen LogP contribution < -0.4 is 5.32 Å². The zero-order valence-corrected chi connectivity index (χ0v) is 10.7. The van der Waals surface area contributed by atoms with Crippen LogP contribution in [-0.4, -0.2) is 56.5 Å². The molecule has 1 heterocycles. The van der Waals surface area contributed by atoms with Crippen LogP contribution in [0.15, 0.2) is 0 Å². The van der Waals surface area contributed by atoms with Crippen molar-refractivity contribution in [3.05, 3.63) is 0 Å². The Labute approximate surface area is 93.0 Å². The summed E-state index contributed by atoms with van der Waals surface area (Å²) in [5.41, 5.74) is 0. The molecule has 90 valence electrons. The zero-order chi connectivity index (χ0) is 11.5. The highest BCUT2D eigenvalue weighted by Gasteiger charge is 2.21. The average Bonchev–Trinajstić information content (AvgIpc) is 2.14. The van der Waals surface area contributed by atoms with Crippen molar-refractivity contribution < 1.29 is 8.42 Å². The molecule has 0 aromatic rings. The monoisotopic (exact) mass is 234 g/mol. The second-order valence-corrected chi connectivity index (χ2v) is 6.94. The summed E-state index contributed by atoms with van der Waals surface area (Å²) in [6.45, 7) is 8.55. The van der Waals surface area contributed by atoms with Crippen molar-refractivity contribution in [1.82, 2.24) is 10.2 Å². The Bertz CT molecular complexity index is 280. The predicted octanol–water partition coefficient (Wildman–Crippen LogP) is 0.103. The van der Waals surface area contributed by atoms with Crippen molar-refractivity contribution in [2.24, 2.45) is 0 Å². The van der Waals surface area contributed by atoms with Crippen LogP contribution in [0.3, 0.4) is 0 Å². The van der Waals surface area contributed by atoms with E-state index < -0.39 is 9.84 Å². The summed E-state index contributed by atoms with van der Waals surface area (Å²) < 4.78 is 22.7. The van der Waals surface area contributed by atoms with Gasteiger partial charge in [-0.1, -0.05) is 6.92 Å². The summed E-state index contributed by atoms with van der Waals surface area (Å²) >= 11 is 0. The van der Waals surface area contributed by atoms with Gasteiger partial charge in [0, 0.05) is 37.5 Å². The molecule has 5 heteroatoms. The molecular weight excluding hydrogens is 212 g/mol. The molecule has 4 nitrogen and oxygen atoms in total. The van der Waals surface area contributed by atoms with Crippen molar-refractivity contribution in [3.63, 3.8) is 0 Å². The fourth-order valence-corrected chi connectivity index (χ4v) is 2.86. The van der Waals surface area contributed by atoms with Gasteiger partial charge in [0.2, 0.25) is 0 Å². The number of nitrogens with zero attached hydrogens (tertiary/aromatic N) is 1. The number of rotatable bonds is 4. The molecule has 1 fully saturated rings. The fourth-order valence-electron chi connectivity index (χ4n) is 2.04. The third kappa shape index (κ3) is 4.49. The quantitative estimate of drug-likeness (QED) is 0.750. The van der Waals surface area contributed by atoms with Gasteiger partial charge in [-0.3, -0.25) is 4.90 Å². The number of hydrogen-bond donors (Lipinski definition) is 1. The second-order valence-electron chi connectivity index (χ2n) is 4.46. The Hall–Kier alpha value is -0.130.